The first-order valence-electron chi connectivity index (χ1n) is 8.29. The number of hydrogen-bond acceptors (Lipinski definition) is 2. The number of benzene rings is 2. The molecule has 137 valence electrons. The van der Waals surface area contributed by atoms with Crippen molar-refractivity contribution in [3.05, 3.63) is 86.3 Å². The molecule has 2 nitrogen and oxygen atoms in total. The second-order valence-corrected chi connectivity index (χ2v) is 5.96. The van der Waals surface area contributed by atoms with Gasteiger partial charge in [0.15, 0.2) is 0 Å². The molecule has 1 N–H and O–H groups in total. The van der Waals surface area contributed by atoms with E-state index in [1.165, 1.54) is 32.4 Å². The summed E-state index contributed by atoms with van der Waals surface area (Å²) in [6.07, 6.45) is 10.7. The second kappa shape index (κ2) is 10.4. The number of halogens is 2. The molecule has 0 unspecified atom stereocenters. The number of rotatable bonds is 4. The molecular weight excluding hydrogens is 458 g/mol. The van der Waals surface area contributed by atoms with Gasteiger partial charge in [0.05, 0.1) is 6.61 Å². The summed E-state index contributed by atoms with van der Waals surface area (Å²) >= 11 is 0. The van der Waals surface area contributed by atoms with Crippen molar-refractivity contribution in [1.82, 2.24) is 0 Å². The maximum Gasteiger partial charge on any atom is 3.00 e. The van der Waals surface area contributed by atoms with Crippen LogP contribution in [0.1, 0.15) is 24.5 Å². The van der Waals surface area contributed by atoms with Crippen molar-refractivity contribution in [2.45, 2.75) is 13.3 Å². The van der Waals surface area contributed by atoms with Gasteiger partial charge in [-0.2, -0.15) is 0 Å². The van der Waals surface area contributed by atoms with Crippen molar-refractivity contribution >= 4 is 17.7 Å². The van der Waals surface area contributed by atoms with Crippen LogP contribution in [-0.4, -0.2) is 18.3 Å². The second-order valence-electron chi connectivity index (χ2n) is 5.96. The zero-order chi connectivity index (χ0) is 16.5. The average molecular weight is 478 g/mol. The molecule has 1 radical (unpaired) electrons. The maximum absolute atomic E-state index is 8.93. The predicted molar refractivity (Wildman–Crippen MR) is 96.2 cm³/mol. The molecule has 0 saturated carbocycles. The molecule has 27 heavy (non-hydrogen) atoms. The van der Waals surface area contributed by atoms with E-state index < -0.39 is 0 Å². The van der Waals surface area contributed by atoms with Crippen LogP contribution in [0.25, 0.3) is 17.7 Å². The molecule has 0 fully saturated rings. The largest absolute Gasteiger partial charge is 3.00 e. The van der Waals surface area contributed by atoms with Crippen LogP contribution in [0.4, 0.5) is 0 Å². The number of fused-ring (bicyclic) bond motifs is 2. The molecule has 0 bridgehead atoms. The van der Waals surface area contributed by atoms with E-state index in [0.717, 1.165) is 17.4 Å². The Hall–Kier alpha value is -1.12. The van der Waals surface area contributed by atoms with Crippen molar-refractivity contribution in [2.24, 2.45) is 0 Å². The quantitative estimate of drug-likeness (QED) is 0.395. The minimum atomic E-state index is 0. The number of ether oxygens (including phenoxy) is 1. The van der Waals surface area contributed by atoms with E-state index in [1.54, 1.807) is 0 Å². The van der Waals surface area contributed by atoms with Gasteiger partial charge in [-0.05, 0) is 25.5 Å². The minimum Gasteiger partial charge on any atom is -1.00 e. The van der Waals surface area contributed by atoms with Crippen LogP contribution >= 0.6 is 0 Å². The number of hydrogen-bond donors (Lipinski definition) is 1. The van der Waals surface area contributed by atoms with E-state index >= 15 is 0 Å². The molecule has 0 heterocycles. The molecule has 2 aromatic carbocycles. The van der Waals surface area contributed by atoms with Crippen molar-refractivity contribution in [1.29, 1.82) is 0 Å². The molecule has 0 aromatic heterocycles. The van der Waals surface area contributed by atoms with E-state index in [9.17, 15) is 0 Å². The van der Waals surface area contributed by atoms with Crippen LogP contribution in [0.5, 0.6) is 0 Å². The Morgan fingerprint density at radius 1 is 1.11 bits per heavy atom. The monoisotopic (exact) mass is 475 g/mol. The zero-order valence-corrected chi connectivity index (χ0v) is 18.9. The first kappa shape index (κ1) is 23.9. The van der Waals surface area contributed by atoms with Gasteiger partial charge in [-0.1, -0.05) is 52.8 Å². The maximum atomic E-state index is 8.93. The third kappa shape index (κ3) is 4.49. The summed E-state index contributed by atoms with van der Waals surface area (Å²) in [6, 6.07) is 12.8. The van der Waals surface area contributed by atoms with Gasteiger partial charge in [-0.15, -0.1) is 33.4 Å². The summed E-state index contributed by atoms with van der Waals surface area (Å²) < 4.78 is 5.56. The van der Waals surface area contributed by atoms with Crippen molar-refractivity contribution in [3.63, 3.8) is 0 Å². The van der Waals surface area contributed by atoms with Gasteiger partial charge in [-0.3, -0.25) is 0 Å². The predicted octanol–water partition coefficient (Wildman–Crippen LogP) is -3.52. The Morgan fingerprint density at radius 2 is 1.89 bits per heavy atom. The van der Waals surface area contributed by atoms with Crippen LogP contribution in [-0.2, 0) is 30.9 Å². The molecular formula is C22H19Cl2O2Zr. The number of aliphatic hydroxyl groups is 1. The molecule has 2 aliphatic carbocycles. The fourth-order valence-electron chi connectivity index (χ4n) is 3.46. The topological polar surface area (TPSA) is 29.5 Å². The fourth-order valence-corrected chi connectivity index (χ4v) is 3.46. The van der Waals surface area contributed by atoms with Gasteiger partial charge in [0.1, 0.15) is 12.4 Å². The third-order valence-corrected chi connectivity index (χ3v) is 4.55. The Kier molecular flexibility index (Phi) is 9.24. The first-order valence-corrected chi connectivity index (χ1v) is 8.29. The number of aliphatic hydroxyl groups excluding tert-OH is 1. The van der Waals surface area contributed by atoms with Gasteiger partial charge in [0, 0.05) is 0 Å². The van der Waals surface area contributed by atoms with Crippen molar-refractivity contribution < 1.29 is 60.9 Å². The molecule has 2 aliphatic rings. The Balaban J connectivity index is 0.00000121. The van der Waals surface area contributed by atoms with Gasteiger partial charge in [-0.25, -0.2) is 0 Å². The van der Waals surface area contributed by atoms with E-state index in [1.807, 2.05) is 0 Å². The van der Waals surface area contributed by atoms with E-state index in [4.69, 9.17) is 9.84 Å². The summed E-state index contributed by atoms with van der Waals surface area (Å²) in [5, 5.41) is 13.8. The molecule has 0 saturated heterocycles. The molecule has 2 aromatic rings. The van der Waals surface area contributed by atoms with Crippen LogP contribution in [0.2, 0.25) is 0 Å². The molecule has 5 heteroatoms. The third-order valence-electron chi connectivity index (χ3n) is 4.55. The summed E-state index contributed by atoms with van der Waals surface area (Å²) in [7, 11) is 0. The Morgan fingerprint density at radius 3 is 2.63 bits per heavy atom. The normalized spacial score (nSPS) is 13.8. The van der Waals surface area contributed by atoms with Gasteiger partial charge < -0.3 is 34.7 Å². The van der Waals surface area contributed by atoms with Crippen molar-refractivity contribution in [2.75, 3.05) is 13.2 Å². The van der Waals surface area contributed by atoms with Crippen molar-refractivity contribution in [3.8, 4) is 0 Å². The van der Waals surface area contributed by atoms with Crippen LogP contribution in [0.3, 0.4) is 0 Å². The molecule has 0 aliphatic heterocycles. The summed E-state index contributed by atoms with van der Waals surface area (Å²) in [6.45, 7) is 2.44. The van der Waals surface area contributed by atoms with Crippen LogP contribution in [0.15, 0.2) is 54.3 Å². The number of allylic oxidation sites excluding steroid dienone is 3. The fraction of sp³-hybridized carbons (Fsp3) is 0.182. The smallest absolute Gasteiger partial charge is 1.00 e. The summed E-state index contributed by atoms with van der Waals surface area (Å²) in [5.41, 5.74) is 3.66. The van der Waals surface area contributed by atoms with Gasteiger partial charge in [0.25, 0.3) is 0 Å². The van der Waals surface area contributed by atoms with E-state index in [2.05, 4.69) is 67.6 Å². The van der Waals surface area contributed by atoms with Crippen LogP contribution < -0.4 is 35.3 Å². The minimum absolute atomic E-state index is 0. The molecule has 4 rings (SSSR count). The first-order chi connectivity index (χ1) is 11.8. The summed E-state index contributed by atoms with van der Waals surface area (Å²) in [5.74, 6) is 0.842. The van der Waals surface area contributed by atoms with E-state index in [-0.39, 0.29) is 57.6 Å². The Labute approximate surface area is 190 Å². The van der Waals surface area contributed by atoms with E-state index in [0.29, 0.717) is 6.61 Å². The molecule has 0 spiro atoms. The Bertz CT molecular complexity index is 1090. The van der Waals surface area contributed by atoms with Gasteiger partial charge >= 0.3 is 26.2 Å². The SMILES string of the molecule is CC=c1ccc2c(c1C1=CC(OCCO)=CC1)[C-]=c1ccccc1=2.[Cl-].[Cl-].[Zr+3]. The molecule has 0 atom stereocenters. The standard InChI is InChI=1S/C22H19O2.2ClH.Zr/c1-2-15-8-10-20-19-6-4-3-5-16(19)14-21(20)22(15)17-7-9-18(13-17)24-12-11-23;;;/h2-6,8-10,13,23H,7,11-12H2,1H3;2*1H;/q-1;;;+3/p-2. The van der Waals surface area contributed by atoms with Gasteiger partial charge in [0.2, 0.25) is 0 Å². The average Bonchev–Trinajstić information content (AvgIpc) is 3.23. The van der Waals surface area contributed by atoms with Crippen LogP contribution in [0, 0.1) is 10.4 Å². The summed E-state index contributed by atoms with van der Waals surface area (Å²) in [4.78, 5) is 0. The molecule has 0 amide bonds. The zero-order valence-electron chi connectivity index (χ0n) is 14.9.